The maximum atomic E-state index is 12.0. The number of aromatic nitrogens is 5. The molecule has 0 saturated heterocycles. The highest BCUT2D eigenvalue weighted by Gasteiger charge is 2.34. The average molecular weight is 531 g/mol. The highest BCUT2D eigenvalue weighted by atomic mass is 32.2. The molecule has 2 aliphatic rings. The molecule has 0 spiro atoms. The molecular formula is C28H34N8OS. The molecule has 2 saturated carbocycles. The third kappa shape index (κ3) is 5.70. The summed E-state index contributed by atoms with van der Waals surface area (Å²) in [6, 6.07) is 4.25. The Balaban J connectivity index is 1.53. The van der Waals surface area contributed by atoms with Crippen molar-refractivity contribution in [3.63, 3.8) is 0 Å². The maximum absolute atomic E-state index is 12.0. The molecule has 38 heavy (non-hydrogen) atoms. The van der Waals surface area contributed by atoms with Gasteiger partial charge in [-0.25, -0.2) is 24.9 Å². The minimum atomic E-state index is 0.215. The van der Waals surface area contributed by atoms with Gasteiger partial charge in [0.15, 0.2) is 23.8 Å². The number of thioether (sulfide) groups is 1. The molecular weight excluding hydrogens is 496 g/mol. The van der Waals surface area contributed by atoms with Gasteiger partial charge in [-0.1, -0.05) is 0 Å². The normalized spacial score (nSPS) is 16.3. The van der Waals surface area contributed by atoms with Crippen molar-refractivity contribution in [2.24, 2.45) is 10.9 Å². The number of nitrogens with zero attached hydrogens (tertiary/aromatic N) is 7. The van der Waals surface area contributed by atoms with Gasteiger partial charge in [-0.2, -0.15) is 0 Å². The number of rotatable bonds is 10. The molecule has 0 amide bonds. The number of pyridine rings is 1. The van der Waals surface area contributed by atoms with Gasteiger partial charge >= 0.3 is 0 Å². The summed E-state index contributed by atoms with van der Waals surface area (Å²) >= 11 is 1.64. The van der Waals surface area contributed by atoms with Gasteiger partial charge in [0.25, 0.3) is 0 Å². The Morgan fingerprint density at radius 1 is 1.16 bits per heavy atom. The minimum absolute atomic E-state index is 0.215. The summed E-state index contributed by atoms with van der Waals surface area (Å²) in [6.07, 6.45) is 10.9. The van der Waals surface area contributed by atoms with E-state index in [4.69, 9.17) is 15.0 Å². The highest BCUT2D eigenvalue weighted by molar-refractivity contribution is 7.98. The molecule has 2 aliphatic carbocycles. The minimum Gasteiger partial charge on any atom is -0.362 e. The van der Waals surface area contributed by atoms with Gasteiger partial charge in [0.05, 0.1) is 34.9 Å². The van der Waals surface area contributed by atoms with Crippen molar-refractivity contribution in [3.8, 4) is 11.4 Å². The Bertz CT molecular complexity index is 1350. The third-order valence-corrected chi connectivity index (χ3v) is 8.08. The van der Waals surface area contributed by atoms with E-state index in [1.807, 2.05) is 38.4 Å². The van der Waals surface area contributed by atoms with Crippen molar-refractivity contribution in [2.75, 3.05) is 18.2 Å². The Morgan fingerprint density at radius 2 is 1.95 bits per heavy atom. The number of hydrogen-bond acceptors (Lipinski definition) is 9. The van der Waals surface area contributed by atoms with Crippen LogP contribution >= 0.6 is 11.8 Å². The number of aryl methyl sites for hydroxylation is 2. The zero-order valence-electron chi connectivity index (χ0n) is 22.6. The average Bonchev–Trinajstić information content (AvgIpc) is 3.84. The first kappa shape index (κ1) is 26.2. The van der Waals surface area contributed by atoms with E-state index in [-0.39, 0.29) is 11.9 Å². The van der Waals surface area contributed by atoms with Gasteiger partial charge in [0.1, 0.15) is 12.0 Å². The van der Waals surface area contributed by atoms with E-state index in [0.29, 0.717) is 41.4 Å². The van der Waals surface area contributed by atoms with Crippen LogP contribution in [-0.2, 0) is 11.3 Å². The molecule has 0 bridgehead atoms. The topological polar surface area (TPSA) is 109 Å². The molecule has 0 radical (unpaired) electrons. The number of aldehydes is 1. The van der Waals surface area contributed by atoms with E-state index < -0.39 is 0 Å². The van der Waals surface area contributed by atoms with Crippen LogP contribution in [0.1, 0.15) is 61.3 Å². The molecule has 5 rings (SSSR count). The lowest BCUT2D eigenvalue weighted by molar-refractivity contribution is -0.102. The lowest BCUT2D eigenvalue weighted by atomic mass is 10.1. The van der Waals surface area contributed by atoms with Crippen molar-refractivity contribution < 1.29 is 4.79 Å². The molecule has 1 atom stereocenters. The van der Waals surface area contributed by atoms with Crippen LogP contribution in [0.3, 0.4) is 0 Å². The largest absolute Gasteiger partial charge is 0.362 e. The molecule has 3 aromatic heterocycles. The van der Waals surface area contributed by atoms with Crippen LogP contribution in [0.25, 0.3) is 11.4 Å². The fourth-order valence-electron chi connectivity index (χ4n) is 4.61. The van der Waals surface area contributed by atoms with Crippen LogP contribution in [0.4, 0.5) is 11.5 Å². The van der Waals surface area contributed by atoms with Gasteiger partial charge < -0.3 is 10.2 Å². The van der Waals surface area contributed by atoms with Crippen LogP contribution in [-0.4, -0.2) is 56.4 Å². The van der Waals surface area contributed by atoms with Crippen molar-refractivity contribution in [2.45, 2.75) is 69.9 Å². The standard InChI is InChI=1S/C28H34N8OS/c1-16-24(26(20-8-9-20)32-15-31-16)27-33-17(2)25(28(35-27)36(4)18(3)19-6-7-19)34-23(14-37)30-12-21-10-11-22(38-5)13-29-21/h10-11,13-15,18-20H,6-9,12H2,1-5H3,(H,30,34). The van der Waals surface area contributed by atoms with Crippen molar-refractivity contribution in [1.29, 1.82) is 0 Å². The van der Waals surface area contributed by atoms with Crippen molar-refractivity contribution >= 4 is 35.4 Å². The summed E-state index contributed by atoms with van der Waals surface area (Å²) < 4.78 is 0. The van der Waals surface area contributed by atoms with Crippen LogP contribution in [0.2, 0.25) is 0 Å². The molecule has 198 valence electrons. The first-order valence-electron chi connectivity index (χ1n) is 13.1. The number of anilines is 1. The van der Waals surface area contributed by atoms with E-state index in [0.717, 1.165) is 46.7 Å². The Hall–Kier alpha value is -3.40. The summed E-state index contributed by atoms with van der Waals surface area (Å²) in [4.78, 5) is 43.5. The van der Waals surface area contributed by atoms with Crippen LogP contribution in [0.5, 0.6) is 0 Å². The third-order valence-electron chi connectivity index (χ3n) is 7.37. The molecule has 2 fully saturated rings. The lowest BCUT2D eigenvalue weighted by Gasteiger charge is -2.28. The molecule has 10 heteroatoms. The predicted octanol–water partition coefficient (Wildman–Crippen LogP) is 4.80. The fraction of sp³-hybridized carbons (Fsp3) is 0.464. The molecule has 0 aliphatic heterocycles. The summed E-state index contributed by atoms with van der Waals surface area (Å²) in [5, 5.41) is 3.14. The molecule has 1 N–H and O–H groups in total. The van der Waals surface area contributed by atoms with Gasteiger partial charge in [0.2, 0.25) is 0 Å². The first-order chi connectivity index (χ1) is 18.4. The summed E-state index contributed by atoms with van der Waals surface area (Å²) in [6.45, 7) is 6.51. The number of carbonyl (C=O) groups excluding carboxylic acids is 1. The second-order valence-electron chi connectivity index (χ2n) is 10.1. The Labute approximate surface area is 228 Å². The zero-order valence-corrected chi connectivity index (χ0v) is 23.4. The van der Waals surface area contributed by atoms with Crippen molar-refractivity contribution in [3.05, 3.63) is 47.4 Å². The quantitative estimate of drug-likeness (QED) is 0.171. The van der Waals surface area contributed by atoms with Gasteiger partial charge in [-0.05, 0) is 70.8 Å². The highest BCUT2D eigenvalue weighted by Crippen LogP contribution is 2.44. The lowest BCUT2D eigenvalue weighted by Crippen LogP contribution is -2.32. The van der Waals surface area contributed by atoms with E-state index in [9.17, 15) is 4.79 Å². The summed E-state index contributed by atoms with van der Waals surface area (Å²) in [7, 11) is 2.05. The summed E-state index contributed by atoms with van der Waals surface area (Å²) in [5.41, 5.74) is 4.92. The van der Waals surface area contributed by atoms with Gasteiger partial charge in [-0.15, -0.1) is 11.8 Å². The second kappa shape index (κ2) is 11.1. The number of amidine groups is 1. The van der Waals surface area contributed by atoms with Crippen molar-refractivity contribution in [1.82, 2.24) is 30.2 Å². The molecule has 0 aromatic carbocycles. The SMILES string of the molecule is CSc1ccc(CN/C(C=O)=N/c2c(C)nc(-c3c(C)ncnc3C3CC3)nc2N(C)C(C)C2CC2)nc1. The Kier molecular flexibility index (Phi) is 7.69. The first-order valence-corrected chi connectivity index (χ1v) is 14.3. The monoisotopic (exact) mass is 530 g/mol. The molecule has 3 heterocycles. The Morgan fingerprint density at radius 3 is 2.58 bits per heavy atom. The molecule has 9 nitrogen and oxygen atoms in total. The molecule has 1 unspecified atom stereocenters. The van der Waals surface area contributed by atoms with Gasteiger partial charge in [-0.3, -0.25) is 9.78 Å². The number of carbonyl (C=O) groups is 1. The maximum Gasteiger partial charge on any atom is 0.185 e. The zero-order chi connectivity index (χ0) is 26.8. The van der Waals surface area contributed by atoms with Gasteiger partial charge in [0, 0.05) is 30.1 Å². The number of nitrogens with one attached hydrogen (secondary N) is 1. The molecule has 3 aromatic rings. The van der Waals surface area contributed by atoms with E-state index in [2.05, 4.69) is 39.1 Å². The fourth-order valence-corrected chi connectivity index (χ4v) is 4.97. The predicted molar refractivity (Wildman–Crippen MR) is 151 cm³/mol. The van der Waals surface area contributed by atoms with Crippen LogP contribution in [0, 0.1) is 19.8 Å². The summed E-state index contributed by atoms with van der Waals surface area (Å²) in [5.74, 6) is 2.60. The van der Waals surface area contributed by atoms with E-state index in [1.54, 1.807) is 18.1 Å². The van der Waals surface area contributed by atoms with E-state index in [1.165, 1.54) is 12.8 Å². The smallest absolute Gasteiger partial charge is 0.185 e. The van der Waals surface area contributed by atoms with Crippen LogP contribution in [0.15, 0.2) is 34.5 Å². The second-order valence-corrected chi connectivity index (χ2v) is 11.0. The number of hydrogen-bond donors (Lipinski definition) is 1. The van der Waals surface area contributed by atoms with E-state index >= 15 is 0 Å². The number of aliphatic imine (C=N–C) groups is 1. The van der Waals surface area contributed by atoms with Crippen LogP contribution < -0.4 is 10.2 Å².